The monoisotopic (exact) mass is 316 g/mol. The van der Waals surface area contributed by atoms with E-state index < -0.39 is 0 Å². The van der Waals surface area contributed by atoms with E-state index in [-0.39, 0.29) is 11.8 Å². The highest BCUT2D eigenvalue weighted by molar-refractivity contribution is 5.95. The standard InChI is InChI=1S/C18H24N2O3/c1-11(21)19-15-5-6-17(23-2)16(10-15)20-18(22)9-14-8-12-3-4-13(14)7-12/h5-6,10,12-14H,3-4,7-9H2,1-2H3,(H,19,21)(H,20,22)/t12-,13+,14+/m0/s1. The Balaban J connectivity index is 1.65. The number of anilines is 2. The molecule has 124 valence electrons. The zero-order chi connectivity index (χ0) is 16.4. The Hall–Kier alpha value is -2.04. The summed E-state index contributed by atoms with van der Waals surface area (Å²) in [6, 6.07) is 5.24. The van der Waals surface area contributed by atoms with E-state index in [2.05, 4.69) is 10.6 Å². The molecular weight excluding hydrogens is 292 g/mol. The Bertz CT molecular complexity index is 614. The molecule has 0 saturated heterocycles. The molecule has 5 nitrogen and oxygen atoms in total. The quantitative estimate of drug-likeness (QED) is 0.874. The molecule has 0 unspecified atom stereocenters. The molecule has 3 rings (SSSR count). The van der Waals surface area contributed by atoms with Crippen molar-refractivity contribution in [3.63, 3.8) is 0 Å². The molecule has 2 amide bonds. The van der Waals surface area contributed by atoms with Gasteiger partial charge in [-0.15, -0.1) is 0 Å². The summed E-state index contributed by atoms with van der Waals surface area (Å²) < 4.78 is 5.30. The van der Waals surface area contributed by atoms with Gasteiger partial charge in [-0.2, -0.15) is 0 Å². The molecule has 2 saturated carbocycles. The summed E-state index contributed by atoms with van der Waals surface area (Å²) in [5.74, 6) is 2.59. The van der Waals surface area contributed by atoms with Crippen molar-refractivity contribution in [3.05, 3.63) is 18.2 Å². The van der Waals surface area contributed by atoms with Gasteiger partial charge in [0.1, 0.15) is 5.75 Å². The predicted octanol–water partition coefficient (Wildman–Crippen LogP) is 3.42. The van der Waals surface area contributed by atoms with Gasteiger partial charge in [0.2, 0.25) is 11.8 Å². The van der Waals surface area contributed by atoms with Gasteiger partial charge in [0.05, 0.1) is 12.8 Å². The lowest BCUT2D eigenvalue weighted by molar-refractivity contribution is -0.117. The van der Waals surface area contributed by atoms with Crippen LogP contribution in [0, 0.1) is 17.8 Å². The molecule has 0 aromatic heterocycles. The number of amides is 2. The van der Waals surface area contributed by atoms with Crippen molar-refractivity contribution >= 4 is 23.2 Å². The second-order valence-electron chi connectivity index (χ2n) is 6.78. The molecule has 23 heavy (non-hydrogen) atoms. The number of ether oxygens (including phenoxy) is 1. The average molecular weight is 316 g/mol. The summed E-state index contributed by atoms with van der Waals surface area (Å²) in [7, 11) is 1.57. The Morgan fingerprint density at radius 2 is 2.04 bits per heavy atom. The number of hydrogen-bond donors (Lipinski definition) is 2. The number of methoxy groups -OCH3 is 1. The highest BCUT2D eigenvalue weighted by atomic mass is 16.5. The number of hydrogen-bond acceptors (Lipinski definition) is 3. The number of fused-ring (bicyclic) bond motifs is 2. The lowest BCUT2D eigenvalue weighted by Gasteiger charge is -2.21. The topological polar surface area (TPSA) is 67.4 Å². The number of carbonyl (C=O) groups excluding carboxylic acids is 2. The van der Waals surface area contributed by atoms with Crippen LogP contribution in [0.1, 0.15) is 39.0 Å². The minimum Gasteiger partial charge on any atom is -0.495 e. The zero-order valence-corrected chi connectivity index (χ0v) is 13.7. The molecule has 2 fully saturated rings. The lowest BCUT2D eigenvalue weighted by Crippen LogP contribution is -2.20. The van der Waals surface area contributed by atoms with Crippen molar-refractivity contribution < 1.29 is 14.3 Å². The lowest BCUT2D eigenvalue weighted by atomic mass is 9.86. The average Bonchev–Trinajstić information content (AvgIpc) is 3.09. The minimum atomic E-state index is -0.144. The highest BCUT2D eigenvalue weighted by Gasteiger charge is 2.40. The molecule has 0 radical (unpaired) electrons. The predicted molar refractivity (Wildman–Crippen MR) is 89.5 cm³/mol. The van der Waals surface area contributed by atoms with Crippen LogP contribution >= 0.6 is 0 Å². The Morgan fingerprint density at radius 1 is 1.22 bits per heavy atom. The van der Waals surface area contributed by atoms with E-state index in [1.165, 1.54) is 32.6 Å². The van der Waals surface area contributed by atoms with E-state index in [0.717, 1.165) is 11.8 Å². The first-order valence-corrected chi connectivity index (χ1v) is 8.30. The molecular formula is C18H24N2O3. The van der Waals surface area contributed by atoms with Gasteiger partial charge in [0, 0.05) is 19.0 Å². The third kappa shape index (κ3) is 3.66. The molecule has 3 atom stereocenters. The number of carbonyl (C=O) groups is 2. The smallest absolute Gasteiger partial charge is 0.224 e. The molecule has 5 heteroatoms. The van der Waals surface area contributed by atoms with Crippen molar-refractivity contribution in [1.29, 1.82) is 0 Å². The van der Waals surface area contributed by atoms with Gasteiger partial charge in [0.15, 0.2) is 0 Å². The zero-order valence-electron chi connectivity index (χ0n) is 13.7. The normalized spacial score (nSPS) is 25.2. The van der Waals surface area contributed by atoms with E-state index in [1.54, 1.807) is 25.3 Å². The highest BCUT2D eigenvalue weighted by Crippen LogP contribution is 2.49. The minimum absolute atomic E-state index is 0.0285. The molecule has 0 heterocycles. The van der Waals surface area contributed by atoms with Gasteiger partial charge >= 0.3 is 0 Å². The number of nitrogens with one attached hydrogen (secondary N) is 2. The van der Waals surface area contributed by atoms with Crippen LogP contribution in [0.15, 0.2) is 18.2 Å². The summed E-state index contributed by atoms with van der Waals surface area (Å²) in [5.41, 5.74) is 1.25. The summed E-state index contributed by atoms with van der Waals surface area (Å²) in [5, 5.41) is 5.67. The van der Waals surface area contributed by atoms with Crippen LogP contribution in [0.25, 0.3) is 0 Å². The maximum Gasteiger partial charge on any atom is 0.224 e. The van der Waals surface area contributed by atoms with Crippen molar-refractivity contribution in [2.24, 2.45) is 17.8 Å². The molecule has 2 aliphatic carbocycles. The maximum absolute atomic E-state index is 12.4. The Labute approximate surface area is 136 Å². The summed E-state index contributed by atoms with van der Waals surface area (Å²) >= 11 is 0. The van der Waals surface area contributed by atoms with E-state index in [9.17, 15) is 9.59 Å². The first-order chi connectivity index (χ1) is 11.0. The summed E-state index contributed by atoms with van der Waals surface area (Å²) in [6.45, 7) is 1.46. The largest absolute Gasteiger partial charge is 0.495 e. The third-order valence-electron chi connectivity index (χ3n) is 5.13. The summed E-state index contributed by atoms with van der Waals surface area (Å²) in [4.78, 5) is 23.6. The van der Waals surface area contributed by atoms with E-state index in [4.69, 9.17) is 4.74 Å². The van der Waals surface area contributed by atoms with Crippen molar-refractivity contribution in [2.75, 3.05) is 17.7 Å². The van der Waals surface area contributed by atoms with Gasteiger partial charge < -0.3 is 15.4 Å². The van der Waals surface area contributed by atoms with Crippen LogP contribution < -0.4 is 15.4 Å². The van der Waals surface area contributed by atoms with Gasteiger partial charge in [-0.1, -0.05) is 6.42 Å². The van der Waals surface area contributed by atoms with Crippen molar-refractivity contribution in [2.45, 2.75) is 39.0 Å². The van der Waals surface area contributed by atoms with E-state index >= 15 is 0 Å². The van der Waals surface area contributed by atoms with Gasteiger partial charge in [-0.25, -0.2) is 0 Å². The first kappa shape index (κ1) is 15.8. The van der Waals surface area contributed by atoms with E-state index in [0.29, 0.717) is 29.5 Å². The SMILES string of the molecule is COc1ccc(NC(C)=O)cc1NC(=O)C[C@H]1C[C@H]2CC[C@@H]1C2. The fourth-order valence-electron chi connectivity index (χ4n) is 4.15. The van der Waals surface area contributed by atoms with Crippen LogP contribution in [-0.2, 0) is 9.59 Å². The molecule has 0 aliphatic heterocycles. The second-order valence-corrected chi connectivity index (χ2v) is 6.78. The van der Waals surface area contributed by atoms with Gasteiger partial charge in [-0.05, 0) is 55.2 Å². The number of rotatable bonds is 5. The van der Waals surface area contributed by atoms with Crippen molar-refractivity contribution in [1.82, 2.24) is 0 Å². The van der Waals surface area contributed by atoms with E-state index in [1.807, 2.05) is 0 Å². The Kier molecular flexibility index (Phi) is 4.55. The first-order valence-electron chi connectivity index (χ1n) is 8.30. The molecule has 1 aromatic rings. The van der Waals surface area contributed by atoms with Crippen LogP contribution in [0.5, 0.6) is 5.75 Å². The third-order valence-corrected chi connectivity index (χ3v) is 5.13. The molecule has 1 aromatic carbocycles. The molecule has 2 bridgehead atoms. The second kappa shape index (κ2) is 6.60. The molecule has 2 aliphatic rings. The van der Waals surface area contributed by atoms with Crippen LogP contribution in [0.2, 0.25) is 0 Å². The maximum atomic E-state index is 12.4. The summed E-state index contributed by atoms with van der Waals surface area (Å²) in [6.07, 6.45) is 5.70. The molecule has 0 spiro atoms. The van der Waals surface area contributed by atoms with Crippen molar-refractivity contribution in [3.8, 4) is 5.75 Å². The Morgan fingerprint density at radius 3 is 2.65 bits per heavy atom. The van der Waals surface area contributed by atoms with Gasteiger partial charge in [-0.3, -0.25) is 9.59 Å². The van der Waals surface area contributed by atoms with Crippen LogP contribution in [-0.4, -0.2) is 18.9 Å². The van der Waals surface area contributed by atoms with Crippen LogP contribution in [0.4, 0.5) is 11.4 Å². The number of benzene rings is 1. The van der Waals surface area contributed by atoms with Crippen LogP contribution in [0.3, 0.4) is 0 Å². The molecule has 2 N–H and O–H groups in total. The van der Waals surface area contributed by atoms with Gasteiger partial charge in [0.25, 0.3) is 0 Å². The fourth-order valence-corrected chi connectivity index (χ4v) is 4.15. The fraction of sp³-hybridized carbons (Fsp3) is 0.556.